The van der Waals surface area contributed by atoms with Gasteiger partial charge in [-0.2, -0.15) is 11.3 Å². The van der Waals surface area contributed by atoms with Gasteiger partial charge in [-0.25, -0.2) is 0 Å². The molecule has 0 aliphatic heterocycles. The minimum absolute atomic E-state index is 0.108. The predicted molar refractivity (Wildman–Crippen MR) is 79.5 cm³/mol. The summed E-state index contributed by atoms with van der Waals surface area (Å²) in [6.45, 7) is 0.300. The van der Waals surface area contributed by atoms with Crippen LogP contribution in [-0.2, 0) is 4.74 Å². The van der Waals surface area contributed by atoms with Gasteiger partial charge in [0.15, 0.2) is 0 Å². The van der Waals surface area contributed by atoms with Gasteiger partial charge in [0.2, 0.25) is 0 Å². The molecule has 0 fully saturated rings. The van der Waals surface area contributed by atoms with E-state index in [9.17, 15) is 14.9 Å². The van der Waals surface area contributed by atoms with Crippen LogP contribution < -0.4 is 5.32 Å². The Morgan fingerprint density at radius 2 is 2.29 bits per heavy atom. The lowest BCUT2D eigenvalue weighted by atomic mass is 10.1. The molecule has 21 heavy (non-hydrogen) atoms. The van der Waals surface area contributed by atoms with Crippen molar-refractivity contribution in [3.8, 4) is 0 Å². The van der Waals surface area contributed by atoms with Crippen molar-refractivity contribution >= 4 is 22.9 Å². The average Bonchev–Trinajstić information content (AvgIpc) is 3.02. The molecule has 110 valence electrons. The number of amides is 1. The van der Waals surface area contributed by atoms with E-state index < -0.39 is 4.92 Å². The first-order valence-corrected chi connectivity index (χ1v) is 7.13. The second-order valence-corrected chi connectivity index (χ2v) is 5.08. The lowest BCUT2D eigenvalue weighted by Crippen LogP contribution is -2.29. The summed E-state index contributed by atoms with van der Waals surface area (Å²) in [5.41, 5.74) is 1.13. The highest BCUT2D eigenvalue weighted by Crippen LogP contribution is 2.19. The largest absolute Gasteiger partial charge is 0.375 e. The maximum Gasteiger partial charge on any atom is 0.270 e. The molecule has 0 saturated heterocycles. The topological polar surface area (TPSA) is 81.5 Å². The molecule has 6 nitrogen and oxygen atoms in total. The Kier molecular flexibility index (Phi) is 5.02. The standard InChI is InChI=1S/C14H14N2O4S/c1-20-13(11-5-6-21-9-11)8-15-14(17)10-3-2-4-12(7-10)16(18)19/h2-7,9,13H,8H2,1H3,(H,15,17). The molecular weight excluding hydrogens is 292 g/mol. The summed E-state index contributed by atoms with van der Waals surface area (Å²) >= 11 is 1.55. The number of thiophene rings is 1. The van der Waals surface area contributed by atoms with Crippen LogP contribution in [0.25, 0.3) is 0 Å². The third kappa shape index (κ3) is 3.87. The first-order chi connectivity index (χ1) is 10.1. The van der Waals surface area contributed by atoms with E-state index in [0.29, 0.717) is 6.54 Å². The van der Waals surface area contributed by atoms with Crippen LogP contribution in [0, 0.1) is 10.1 Å². The third-order valence-electron chi connectivity index (χ3n) is 2.97. The number of non-ortho nitro benzene ring substituents is 1. The lowest BCUT2D eigenvalue weighted by molar-refractivity contribution is -0.384. The highest BCUT2D eigenvalue weighted by atomic mass is 32.1. The van der Waals surface area contributed by atoms with Crippen LogP contribution in [0.2, 0.25) is 0 Å². The molecule has 1 N–H and O–H groups in total. The van der Waals surface area contributed by atoms with E-state index in [0.717, 1.165) is 5.56 Å². The summed E-state index contributed by atoms with van der Waals surface area (Å²) < 4.78 is 5.33. The van der Waals surface area contributed by atoms with Gasteiger partial charge in [0.25, 0.3) is 11.6 Å². The SMILES string of the molecule is COC(CNC(=O)c1cccc([N+](=O)[O-])c1)c1ccsc1. The van der Waals surface area contributed by atoms with Crippen LogP contribution in [0.4, 0.5) is 5.69 Å². The zero-order valence-corrected chi connectivity index (χ0v) is 12.1. The van der Waals surface area contributed by atoms with E-state index in [-0.39, 0.29) is 23.3 Å². The monoisotopic (exact) mass is 306 g/mol. The smallest absolute Gasteiger partial charge is 0.270 e. The van der Waals surface area contributed by atoms with Gasteiger partial charge in [-0.3, -0.25) is 14.9 Å². The normalized spacial score (nSPS) is 11.9. The number of rotatable bonds is 6. The highest BCUT2D eigenvalue weighted by molar-refractivity contribution is 7.07. The van der Waals surface area contributed by atoms with E-state index in [1.54, 1.807) is 18.4 Å². The molecule has 0 aliphatic carbocycles. The Morgan fingerprint density at radius 3 is 2.90 bits per heavy atom. The fourth-order valence-corrected chi connectivity index (χ4v) is 2.55. The van der Waals surface area contributed by atoms with Crippen molar-refractivity contribution in [2.24, 2.45) is 0 Å². The number of nitrogens with zero attached hydrogens (tertiary/aromatic N) is 1. The van der Waals surface area contributed by atoms with E-state index in [2.05, 4.69) is 5.32 Å². The van der Waals surface area contributed by atoms with Crippen molar-refractivity contribution in [3.05, 3.63) is 62.3 Å². The average molecular weight is 306 g/mol. The quantitative estimate of drug-likeness (QED) is 0.657. The fraction of sp³-hybridized carbons (Fsp3) is 0.214. The van der Waals surface area contributed by atoms with Gasteiger partial charge in [0.05, 0.1) is 4.92 Å². The molecule has 1 aromatic carbocycles. The van der Waals surface area contributed by atoms with Crippen molar-refractivity contribution in [2.75, 3.05) is 13.7 Å². The molecule has 0 aliphatic rings. The van der Waals surface area contributed by atoms with Crippen molar-refractivity contribution < 1.29 is 14.5 Å². The number of methoxy groups -OCH3 is 1. The van der Waals surface area contributed by atoms with Crippen molar-refractivity contribution in [2.45, 2.75) is 6.10 Å². The molecule has 0 bridgehead atoms. The van der Waals surface area contributed by atoms with Gasteiger partial charge >= 0.3 is 0 Å². The lowest BCUT2D eigenvalue weighted by Gasteiger charge is -2.15. The number of carbonyl (C=O) groups excluding carboxylic acids is 1. The Hall–Kier alpha value is -2.25. The third-order valence-corrected chi connectivity index (χ3v) is 3.67. The van der Waals surface area contributed by atoms with E-state index in [1.807, 2.05) is 16.8 Å². The Balaban J connectivity index is 2.01. The van der Waals surface area contributed by atoms with Gasteiger partial charge in [-0.05, 0) is 28.5 Å². The van der Waals surface area contributed by atoms with Gasteiger partial charge in [-0.15, -0.1) is 0 Å². The predicted octanol–water partition coefficient (Wildman–Crippen LogP) is 2.77. The maximum atomic E-state index is 12.0. The zero-order chi connectivity index (χ0) is 15.2. The molecule has 1 heterocycles. The molecule has 1 amide bonds. The highest BCUT2D eigenvalue weighted by Gasteiger charge is 2.15. The molecule has 1 unspecified atom stereocenters. The first kappa shape index (κ1) is 15.1. The van der Waals surface area contributed by atoms with Crippen LogP contribution >= 0.6 is 11.3 Å². The second kappa shape index (κ2) is 6.96. The number of hydrogen-bond acceptors (Lipinski definition) is 5. The van der Waals surface area contributed by atoms with E-state index >= 15 is 0 Å². The number of carbonyl (C=O) groups is 1. The van der Waals surface area contributed by atoms with E-state index in [1.165, 1.54) is 24.3 Å². The maximum absolute atomic E-state index is 12.0. The Bertz CT molecular complexity index is 628. The van der Waals surface area contributed by atoms with Gasteiger partial charge < -0.3 is 10.1 Å². The van der Waals surface area contributed by atoms with Crippen LogP contribution in [0.1, 0.15) is 22.0 Å². The number of nitrogens with one attached hydrogen (secondary N) is 1. The Morgan fingerprint density at radius 1 is 1.48 bits per heavy atom. The summed E-state index contributed by atoms with van der Waals surface area (Å²) in [6.07, 6.45) is -0.237. The van der Waals surface area contributed by atoms with Gasteiger partial charge in [0, 0.05) is 31.4 Å². The number of benzene rings is 1. The minimum Gasteiger partial charge on any atom is -0.375 e. The fourth-order valence-electron chi connectivity index (χ4n) is 1.84. The van der Waals surface area contributed by atoms with Crippen LogP contribution in [-0.4, -0.2) is 24.5 Å². The van der Waals surface area contributed by atoms with Crippen LogP contribution in [0.15, 0.2) is 41.1 Å². The van der Waals surface area contributed by atoms with Gasteiger partial charge in [0.1, 0.15) is 6.10 Å². The first-order valence-electron chi connectivity index (χ1n) is 6.19. The summed E-state index contributed by atoms with van der Waals surface area (Å²) in [4.78, 5) is 22.2. The van der Waals surface area contributed by atoms with Crippen molar-refractivity contribution in [1.82, 2.24) is 5.32 Å². The summed E-state index contributed by atoms with van der Waals surface area (Å²) in [5, 5.41) is 17.3. The van der Waals surface area contributed by atoms with Gasteiger partial charge in [-0.1, -0.05) is 6.07 Å². The summed E-state index contributed by atoms with van der Waals surface area (Å²) in [7, 11) is 1.57. The number of nitro benzene ring substituents is 1. The molecule has 2 aromatic rings. The molecular formula is C14H14N2O4S. The molecule has 2 rings (SSSR count). The molecule has 0 spiro atoms. The summed E-state index contributed by atoms with van der Waals surface area (Å²) in [6, 6.07) is 7.55. The number of nitro groups is 1. The van der Waals surface area contributed by atoms with Crippen LogP contribution in [0.5, 0.6) is 0 Å². The van der Waals surface area contributed by atoms with E-state index in [4.69, 9.17) is 4.74 Å². The minimum atomic E-state index is -0.528. The molecule has 1 atom stereocenters. The number of ether oxygens (including phenoxy) is 1. The molecule has 7 heteroatoms. The Labute approximate surface area is 125 Å². The second-order valence-electron chi connectivity index (χ2n) is 4.30. The van der Waals surface area contributed by atoms with Crippen molar-refractivity contribution in [1.29, 1.82) is 0 Å². The number of hydrogen-bond donors (Lipinski definition) is 1. The molecule has 0 radical (unpaired) electrons. The van der Waals surface area contributed by atoms with Crippen molar-refractivity contribution in [3.63, 3.8) is 0 Å². The summed E-state index contributed by atoms with van der Waals surface area (Å²) in [5.74, 6) is -0.365. The molecule has 1 aromatic heterocycles. The molecule has 0 saturated carbocycles. The zero-order valence-electron chi connectivity index (χ0n) is 11.3. The van der Waals surface area contributed by atoms with Crippen LogP contribution in [0.3, 0.4) is 0 Å².